The molecule has 18 heavy (non-hydrogen) atoms. The Labute approximate surface area is 112 Å². The number of nitrogens with one attached hydrogen (secondary N) is 1. The highest BCUT2D eigenvalue weighted by Crippen LogP contribution is 2.30. The third-order valence-corrected chi connectivity index (χ3v) is 4.76. The van der Waals surface area contributed by atoms with Gasteiger partial charge < -0.3 is 4.90 Å². The van der Waals surface area contributed by atoms with Crippen molar-refractivity contribution in [2.45, 2.75) is 25.0 Å². The maximum atomic E-state index is 12.1. The summed E-state index contributed by atoms with van der Waals surface area (Å²) >= 11 is 2.00. The first-order chi connectivity index (χ1) is 8.86. The van der Waals surface area contributed by atoms with Crippen LogP contribution >= 0.6 is 11.8 Å². The molecular weight excluding hydrogens is 244 g/mol. The number of amides is 1. The Bertz CT molecular complexity index is 417. The largest absolute Gasteiger partial charge is 0.319 e. The zero-order valence-corrected chi connectivity index (χ0v) is 11.2. The Hall–Kier alpha value is -1.000. The Balaban J connectivity index is 1.83. The van der Waals surface area contributed by atoms with Crippen molar-refractivity contribution in [3.8, 4) is 0 Å². The van der Waals surface area contributed by atoms with E-state index in [1.54, 1.807) is 0 Å². The van der Waals surface area contributed by atoms with Crippen LogP contribution < -0.4 is 5.32 Å². The molecule has 0 saturated carbocycles. The summed E-state index contributed by atoms with van der Waals surface area (Å²) in [5.74, 6) is 2.60. The second kappa shape index (κ2) is 5.33. The molecule has 0 bridgehead atoms. The Kier molecular flexibility index (Phi) is 3.57. The zero-order chi connectivity index (χ0) is 12.4. The molecule has 2 aliphatic rings. The van der Waals surface area contributed by atoms with Gasteiger partial charge in [0.1, 0.15) is 6.17 Å². The van der Waals surface area contributed by atoms with E-state index in [9.17, 15) is 4.79 Å². The predicted molar refractivity (Wildman–Crippen MR) is 74.4 cm³/mol. The molecule has 0 radical (unpaired) electrons. The van der Waals surface area contributed by atoms with Crippen LogP contribution in [0.1, 0.15) is 24.6 Å². The molecule has 3 nitrogen and oxygen atoms in total. The van der Waals surface area contributed by atoms with E-state index in [0.717, 1.165) is 12.8 Å². The molecule has 0 aliphatic carbocycles. The van der Waals surface area contributed by atoms with Gasteiger partial charge in [-0.15, -0.1) is 0 Å². The van der Waals surface area contributed by atoms with E-state index in [-0.39, 0.29) is 12.1 Å². The van der Waals surface area contributed by atoms with Crippen LogP contribution in [0.2, 0.25) is 0 Å². The van der Waals surface area contributed by atoms with Gasteiger partial charge in [0.05, 0.1) is 6.54 Å². The average Bonchev–Trinajstić information content (AvgIpc) is 2.83. The van der Waals surface area contributed by atoms with E-state index in [0.29, 0.717) is 12.6 Å². The normalized spacial score (nSPS) is 25.7. The van der Waals surface area contributed by atoms with Gasteiger partial charge in [0, 0.05) is 6.04 Å². The van der Waals surface area contributed by atoms with Crippen molar-refractivity contribution in [3.05, 3.63) is 35.9 Å². The highest BCUT2D eigenvalue weighted by Gasteiger charge is 2.36. The molecule has 1 N–H and O–H groups in total. The molecule has 3 rings (SSSR count). The molecule has 0 spiro atoms. The predicted octanol–water partition coefficient (Wildman–Crippen LogP) is 2.01. The summed E-state index contributed by atoms with van der Waals surface area (Å²) in [7, 11) is 0. The average molecular weight is 262 g/mol. The van der Waals surface area contributed by atoms with Crippen LogP contribution in [0, 0.1) is 0 Å². The van der Waals surface area contributed by atoms with E-state index in [1.807, 2.05) is 30.0 Å². The van der Waals surface area contributed by atoms with Crippen LogP contribution in [-0.2, 0) is 4.79 Å². The topological polar surface area (TPSA) is 32.3 Å². The van der Waals surface area contributed by atoms with Crippen LogP contribution in [0.15, 0.2) is 30.3 Å². The number of hydrogen-bond acceptors (Lipinski definition) is 3. The fraction of sp³-hybridized carbons (Fsp3) is 0.500. The third kappa shape index (κ3) is 2.27. The molecule has 96 valence electrons. The van der Waals surface area contributed by atoms with Crippen molar-refractivity contribution in [2.75, 3.05) is 18.1 Å². The van der Waals surface area contributed by atoms with Gasteiger partial charge in [-0.2, -0.15) is 11.8 Å². The van der Waals surface area contributed by atoms with Crippen LogP contribution in [0.5, 0.6) is 0 Å². The lowest BCUT2D eigenvalue weighted by molar-refractivity contribution is -0.130. The number of carbonyl (C=O) groups is 1. The molecule has 1 aromatic carbocycles. The second-order valence-electron chi connectivity index (χ2n) is 4.84. The molecule has 1 amide bonds. The van der Waals surface area contributed by atoms with Crippen molar-refractivity contribution in [1.29, 1.82) is 0 Å². The van der Waals surface area contributed by atoms with E-state index >= 15 is 0 Å². The fourth-order valence-corrected chi connectivity index (χ4v) is 3.89. The van der Waals surface area contributed by atoms with Crippen molar-refractivity contribution in [1.82, 2.24) is 10.2 Å². The Morgan fingerprint density at radius 1 is 1.17 bits per heavy atom. The maximum Gasteiger partial charge on any atom is 0.238 e. The SMILES string of the molecule is O=C1CNC(c2ccccc2)N1C1CCSCC1. The smallest absolute Gasteiger partial charge is 0.238 e. The van der Waals surface area contributed by atoms with Crippen LogP contribution in [0.4, 0.5) is 0 Å². The van der Waals surface area contributed by atoms with E-state index in [1.165, 1.54) is 17.1 Å². The highest BCUT2D eigenvalue weighted by molar-refractivity contribution is 7.99. The molecule has 2 aliphatic heterocycles. The first-order valence-electron chi connectivity index (χ1n) is 6.53. The lowest BCUT2D eigenvalue weighted by Crippen LogP contribution is -2.41. The zero-order valence-electron chi connectivity index (χ0n) is 10.3. The summed E-state index contributed by atoms with van der Waals surface area (Å²) in [6, 6.07) is 10.7. The van der Waals surface area contributed by atoms with Crippen molar-refractivity contribution < 1.29 is 4.79 Å². The molecule has 0 aromatic heterocycles. The van der Waals surface area contributed by atoms with Gasteiger partial charge in [0.2, 0.25) is 5.91 Å². The van der Waals surface area contributed by atoms with E-state index in [4.69, 9.17) is 0 Å². The Morgan fingerprint density at radius 3 is 2.61 bits per heavy atom. The molecule has 2 heterocycles. The summed E-state index contributed by atoms with van der Waals surface area (Å²) in [5, 5.41) is 3.34. The van der Waals surface area contributed by atoms with Gasteiger partial charge in [0.25, 0.3) is 0 Å². The minimum atomic E-state index is 0.0757. The number of thioether (sulfide) groups is 1. The quantitative estimate of drug-likeness (QED) is 0.885. The van der Waals surface area contributed by atoms with Crippen molar-refractivity contribution in [3.63, 3.8) is 0 Å². The van der Waals surface area contributed by atoms with Crippen LogP contribution in [-0.4, -0.2) is 34.9 Å². The standard InChI is InChI=1S/C14H18N2OS/c17-13-10-15-14(11-4-2-1-3-5-11)16(13)12-6-8-18-9-7-12/h1-5,12,14-15H,6-10H2. The molecule has 1 aromatic rings. The van der Waals surface area contributed by atoms with E-state index < -0.39 is 0 Å². The van der Waals surface area contributed by atoms with Crippen molar-refractivity contribution in [2.24, 2.45) is 0 Å². The monoisotopic (exact) mass is 262 g/mol. The summed E-state index contributed by atoms with van der Waals surface area (Å²) in [6.07, 6.45) is 2.33. The van der Waals surface area contributed by atoms with E-state index in [2.05, 4.69) is 22.3 Å². The second-order valence-corrected chi connectivity index (χ2v) is 6.06. The molecule has 2 fully saturated rings. The highest BCUT2D eigenvalue weighted by atomic mass is 32.2. The van der Waals surface area contributed by atoms with Gasteiger partial charge in [0.15, 0.2) is 0 Å². The summed E-state index contributed by atoms with van der Waals surface area (Å²) in [4.78, 5) is 14.2. The number of hydrogen-bond donors (Lipinski definition) is 1. The maximum absolute atomic E-state index is 12.1. The third-order valence-electron chi connectivity index (χ3n) is 3.71. The molecule has 4 heteroatoms. The lowest BCUT2D eigenvalue weighted by atomic mass is 10.1. The minimum Gasteiger partial charge on any atom is -0.319 e. The van der Waals surface area contributed by atoms with Gasteiger partial charge in [-0.1, -0.05) is 30.3 Å². The number of nitrogens with zero attached hydrogens (tertiary/aromatic N) is 1. The number of benzene rings is 1. The first kappa shape index (κ1) is 12.1. The molecular formula is C14H18N2OS. The van der Waals surface area contributed by atoms with Crippen molar-refractivity contribution >= 4 is 17.7 Å². The number of carbonyl (C=O) groups excluding carboxylic acids is 1. The number of rotatable bonds is 2. The minimum absolute atomic E-state index is 0.0757. The summed E-state index contributed by atoms with van der Waals surface area (Å²) < 4.78 is 0. The van der Waals surface area contributed by atoms with Gasteiger partial charge in [-0.05, 0) is 29.9 Å². The molecule has 2 saturated heterocycles. The first-order valence-corrected chi connectivity index (χ1v) is 7.69. The molecule has 1 unspecified atom stereocenters. The lowest BCUT2D eigenvalue weighted by Gasteiger charge is -2.35. The van der Waals surface area contributed by atoms with Gasteiger partial charge in [-0.25, -0.2) is 0 Å². The molecule has 1 atom stereocenters. The van der Waals surface area contributed by atoms with Crippen LogP contribution in [0.25, 0.3) is 0 Å². The fourth-order valence-electron chi connectivity index (χ4n) is 2.81. The summed E-state index contributed by atoms with van der Waals surface area (Å²) in [5.41, 5.74) is 1.20. The summed E-state index contributed by atoms with van der Waals surface area (Å²) in [6.45, 7) is 0.475. The van der Waals surface area contributed by atoms with Gasteiger partial charge >= 0.3 is 0 Å². The van der Waals surface area contributed by atoms with Crippen LogP contribution in [0.3, 0.4) is 0 Å². The van der Waals surface area contributed by atoms with Gasteiger partial charge in [-0.3, -0.25) is 10.1 Å². The Morgan fingerprint density at radius 2 is 1.89 bits per heavy atom.